The molecule has 1 aromatic rings. The first-order valence-corrected chi connectivity index (χ1v) is 4.45. The predicted octanol–water partition coefficient (Wildman–Crippen LogP) is 1.20. The van der Waals surface area contributed by atoms with E-state index in [4.69, 9.17) is 5.11 Å². The number of rotatable bonds is 2. The second kappa shape index (κ2) is 3.17. The minimum Gasteiger partial charge on any atom is -0.481 e. The molecule has 0 spiro atoms. The Morgan fingerprint density at radius 1 is 1.46 bits per heavy atom. The molecule has 0 radical (unpaired) electrons. The summed E-state index contributed by atoms with van der Waals surface area (Å²) in [5, 5.41) is 8.58. The minimum absolute atomic E-state index is 0.0350. The van der Waals surface area contributed by atoms with Crippen molar-refractivity contribution in [1.82, 2.24) is 4.98 Å². The SMILES string of the molecule is O=C(O)Cc1ccc2c(n1)CCC2. The van der Waals surface area contributed by atoms with Crippen LogP contribution in [0.1, 0.15) is 23.4 Å². The summed E-state index contributed by atoms with van der Waals surface area (Å²) in [6, 6.07) is 3.83. The Balaban J connectivity index is 2.25. The van der Waals surface area contributed by atoms with E-state index in [2.05, 4.69) is 4.98 Å². The summed E-state index contributed by atoms with van der Waals surface area (Å²) >= 11 is 0. The Morgan fingerprint density at radius 2 is 2.31 bits per heavy atom. The maximum atomic E-state index is 10.4. The summed E-state index contributed by atoms with van der Waals surface area (Å²) in [5.41, 5.74) is 3.06. The highest BCUT2D eigenvalue weighted by Crippen LogP contribution is 2.19. The fourth-order valence-electron chi connectivity index (χ4n) is 1.72. The zero-order chi connectivity index (χ0) is 9.26. The Hall–Kier alpha value is -1.38. The lowest BCUT2D eigenvalue weighted by atomic mass is 10.2. The maximum absolute atomic E-state index is 10.4. The van der Waals surface area contributed by atoms with Crippen LogP contribution in [0.5, 0.6) is 0 Å². The molecule has 1 heterocycles. The number of nitrogens with zero attached hydrogens (tertiary/aromatic N) is 1. The standard InChI is InChI=1S/C10H11NO2/c12-10(13)6-8-5-4-7-2-1-3-9(7)11-8/h4-5H,1-3,6H2,(H,12,13). The zero-order valence-corrected chi connectivity index (χ0v) is 7.29. The van der Waals surface area contributed by atoms with Crippen LogP contribution in [0.3, 0.4) is 0 Å². The van der Waals surface area contributed by atoms with Crippen LogP contribution in [-0.2, 0) is 24.1 Å². The molecule has 1 aliphatic rings. The van der Waals surface area contributed by atoms with E-state index in [9.17, 15) is 4.79 Å². The molecular formula is C10H11NO2. The summed E-state index contributed by atoms with van der Waals surface area (Å²) in [4.78, 5) is 14.7. The predicted molar refractivity (Wildman–Crippen MR) is 47.6 cm³/mol. The molecule has 2 rings (SSSR count). The molecule has 0 bridgehead atoms. The van der Waals surface area contributed by atoms with Crippen LogP contribution in [0.15, 0.2) is 12.1 Å². The largest absolute Gasteiger partial charge is 0.481 e. The smallest absolute Gasteiger partial charge is 0.309 e. The highest BCUT2D eigenvalue weighted by molar-refractivity contribution is 5.69. The van der Waals surface area contributed by atoms with Crippen molar-refractivity contribution in [3.63, 3.8) is 0 Å². The van der Waals surface area contributed by atoms with Crippen molar-refractivity contribution in [2.24, 2.45) is 0 Å². The molecule has 1 N–H and O–H groups in total. The fraction of sp³-hybridized carbons (Fsp3) is 0.400. The van der Waals surface area contributed by atoms with E-state index in [1.165, 1.54) is 5.56 Å². The number of aliphatic carboxylic acids is 1. The van der Waals surface area contributed by atoms with Crippen molar-refractivity contribution in [1.29, 1.82) is 0 Å². The van der Waals surface area contributed by atoms with E-state index >= 15 is 0 Å². The van der Waals surface area contributed by atoms with Gasteiger partial charge < -0.3 is 5.11 Å². The monoisotopic (exact) mass is 177 g/mol. The van der Waals surface area contributed by atoms with Crippen LogP contribution in [0.2, 0.25) is 0 Å². The van der Waals surface area contributed by atoms with Crippen molar-refractivity contribution >= 4 is 5.97 Å². The molecule has 0 amide bonds. The summed E-state index contributed by atoms with van der Waals surface area (Å²) in [5.74, 6) is -0.814. The Labute approximate surface area is 76.4 Å². The first-order chi connectivity index (χ1) is 6.25. The third-order valence-electron chi connectivity index (χ3n) is 2.32. The van der Waals surface area contributed by atoms with Gasteiger partial charge in [0, 0.05) is 5.69 Å². The lowest BCUT2D eigenvalue weighted by molar-refractivity contribution is -0.136. The average molecular weight is 177 g/mol. The average Bonchev–Trinajstić information content (AvgIpc) is 2.49. The third kappa shape index (κ3) is 1.69. The topological polar surface area (TPSA) is 50.2 Å². The van der Waals surface area contributed by atoms with Gasteiger partial charge >= 0.3 is 5.97 Å². The van der Waals surface area contributed by atoms with Gasteiger partial charge in [-0.3, -0.25) is 9.78 Å². The van der Waals surface area contributed by atoms with E-state index in [0.29, 0.717) is 5.69 Å². The third-order valence-corrected chi connectivity index (χ3v) is 2.32. The number of fused-ring (bicyclic) bond motifs is 1. The molecule has 68 valence electrons. The normalized spacial score (nSPS) is 14.2. The van der Waals surface area contributed by atoms with Gasteiger partial charge in [0.25, 0.3) is 0 Å². The second-order valence-electron chi connectivity index (χ2n) is 3.33. The van der Waals surface area contributed by atoms with Gasteiger partial charge in [-0.25, -0.2) is 0 Å². The van der Waals surface area contributed by atoms with Crippen LogP contribution in [-0.4, -0.2) is 16.1 Å². The Morgan fingerprint density at radius 3 is 3.08 bits per heavy atom. The number of carboxylic acid groups (broad SMARTS) is 1. The van der Waals surface area contributed by atoms with Gasteiger partial charge in [0.2, 0.25) is 0 Å². The van der Waals surface area contributed by atoms with Crippen molar-refractivity contribution < 1.29 is 9.90 Å². The molecule has 3 heteroatoms. The molecule has 0 fully saturated rings. The van der Waals surface area contributed by atoms with E-state index in [1.54, 1.807) is 0 Å². The summed E-state index contributed by atoms with van der Waals surface area (Å²) in [6.07, 6.45) is 3.28. The van der Waals surface area contributed by atoms with E-state index in [-0.39, 0.29) is 6.42 Å². The minimum atomic E-state index is -0.814. The molecule has 0 saturated heterocycles. The van der Waals surface area contributed by atoms with Crippen LogP contribution in [0, 0.1) is 0 Å². The highest BCUT2D eigenvalue weighted by Gasteiger charge is 2.13. The van der Waals surface area contributed by atoms with Crippen molar-refractivity contribution in [3.8, 4) is 0 Å². The number of hydrogen-bond acceptors (Lipinski definition) is 2. The molecule has 0 saturated carbocycles. The lowest BCUT2D eigenvalue weighted by Crippen LogP contribution is -2.03. The molecule has 0 aromatic carbocycles. The van der Waals surface area contributed by atoms with Crippen LogP contribution in [0.25, 0.3) is 0 Å². The molecule has 3 nitrogen and oxygen atoms in total. The lowest BCUT2D eigenvalue weighted by Gasteiger charge is -2.00. The zero-order valence-electron chi connectivity index (χ0n) is 7.29. The van der Waals surface area contributed by atoms with Gasteiger partial charge in [-0.2, -0.15) is 0 Å². The molecular weight excluding hydrogens is 166 g/mol. The van der Waals surface area contributed by atoms with Crippen molar-refractivity contribution in [3.05, 3.63) is 29.1 Å². The summed E-state index contributed by atoms with van der Waals surface area (Å²) in [7, 11) is 0. The fourth-order valence-corrected chi connectivity index (χ4v) is 1.72. The van der Waals surface area contributed by atoms with Gasteiger partial charge in [-0.15, -0.1) is 0 Å². The van der Waals surface area contributed by atoms with Gasteiger partial charge in [0.05, 0.1) is 12.1 Å². The van der Waals surface area contributed by atoms with E-state index in [1.807, 2.05) is 12.1 Å². The molecule has 13 heavy (non-hydrogen) atoms. The van der Waals surface area contributed by atoms with Crippen LogP contribution < -0.4 is 0 Å². The van der Waals surface area contributed by atoms with E-state index < -0.39 is 5.97 Å². The number of pyridine rings is 1. The Kier molecular flexibility index (Phi) is 2.00. The van der Waals surface area contributed by atoms with Gasteiger partial charge in [-0.1, -0.05) is 6.07 Å². The number of aromatic nitrogens is 1. The Bertz CT molecular complexity index is 347. The number of carbonyl (C=O) groups is 1. The quantitative estimate of drug-likeness (QED) is 0.738. The molecule has 0 unspecified atom stereocenters. The molecule has 1 aliphatic carbocycles. The van der Waals surface area contributed by atoms with Crippen molar-refractivity contribution in [2.75, 3.05) is 0 Å². The van der Waals surface area contributed by atoms with Gasteiger partial charge in [-0.05, 0) is 30.9 Å². The summed E-state index contributed by atoms with van der Waals surface area (Å²) < 4.78 is 0. The van der Waals surface area contributed by atoms with E-state index in [0.717, 1.165) is 25.0 Å². The maximum Gasteiger partial charge on any atom is 0.309 e. The first kappa shape index (κ1) is 8.23. The second-order valence-corrected chi connectivity index (χ2v) is 3.33. The van der Waals surface area contributed by atoms with Crippen LogP contribution >= 0.6 is 0 Å². The number of carboxylic acids is 1. The molecule has 0 atom stereocenters. The number of aryl methyl sites for hydroxylation is 2. The number of hydrogen-bond donors (Lipinski definition) is 1. The van der Waals surface area contributed by atoms with Crippen LogP contribution in [0.4, 0.5) is 0 Å². The molecule has 0 aliphatic heterocycles. The summed E-state index contributed by atoms with van der Waals surface area (Å²) in [6.45, 7) is 0. The van der Waals surface area contributed by atoms with Gasteiger partial charge in [0.15, 0.2) is 0 Å². The van der Waals surface area contributed by atoms with Crippen molar-refractivity contribution in [2.45, 2.75) is 25.7 Å². The highest BCUT2D eigenvalue weighted by atomic mass is 16.4. The molecule has 1 aromatic heterocycles. The van der Waals surface area contributed by atoms with Gasteiger partial charge in [0.1, 0.15) is 0 Å². The first-order valence-electron chi connectivity index (χ1n) is 4.45.